The molecule has 1 aromatic rings. The quantitative estimate of drug-likeness (QED) is 0.885. The number of pyridine rings is 1. The topological polar surface area (TPSA) is 65.2 Å². The minimum atomic E-state index is -0.588. The van der Waals surface area contributed by atoms with Gasteiger partial charge in [0.25, 0.3) is 0 Å². The maximum atomic E-state index is 12.6. The van der Waals surface area contributed by atoms with Crippen LogP contribution in [0.15, 0.2) is 18.5 Å². The molecule has 0 atom stereocenters. The highest BCUT2D eigenvalue weighted by atomic mass is 16.5. The number of hydrogen-bond donors (Lipinski definition) is 1. The second kappa shape index (κ2) is 6.15. The molecule has 104 valence electrons. The van der Waals surface area contributed by atoms with Crippen molar-refractivity contribution in [1.29, 1.82) is 0 Å². The molecule has 2 rings (SSSR count). The van der Waals surface area contributed by atoms with Crippen LogP contribution in [0.5, 0.6) is 0 Å². The number of ether oxygens (including phenoxy) is 1. The maximum Gasteiger partial charge on any atom is 0.169 e. The summed E-state index contributed by atoms with van der Waals surface area (Å²) < 4.78 is 5.83. The highest BCUT2D eigenvalue weighted by Crippen LogP contribution is 2.33. The summed E-state index contributed by atoms with van der Waals surface area (Å²) in [5.41, 5.74) is 6.73. The van der Waals surface area contributed by atoms with Gasteiger partial charge in [-0.1, -0.05) is 19.3 Å². The summed E-state index contributed by atoms with van der Waals surface area (Å²) in [6.45, 7) is 2.52. The zero-order valence-electron chi connectivity index (χ0n) is 11.5. The molecule has 0 bridgehead atoms. The lowest BCUT2D eigenvalue weighted by Gasteiger charge is -2.35. The van der Waals surface area contributed by atoms with Crippen LogP contribution < -0.4 is 5.73 Å². The molecule has 4 heteroatoms. The Labute approximate surface area is 114 Å². The Balaban J connectivity index is 2.14. The molecule has 1 aliphatic carbocycles. The minimum Gasteiger partial charge on any atom is -0.398 e. The van der Waals surface area contributed by atoms with Gasteiger partial charge in [-0.2, -0.15) is 0 Å². The average molecular weight is 262 g/mol. The van der Waals surface area contributed by atoms with Crippen molar-refractivity contribution >= 4 is 11.5 Å². The van der Waals surface area contributed by atoms with Gasteiger partial charge in [0.2, 0.25) is 0 Å². The first-order valence-corrected chi connectivity index (χ1v) is 7.03. The highest BCUT2D eigenvalue weighted by molar-refractivity contribution is 5.90. The van der Waals surface area contributed by atoms with E-state index in [1.54, 1.807) is 18.5 Å². The highest BCUT2D eigenvalue weighted by Gasteiger charge is 2.39. The summed E-state index contributed by atoms with van der Waals surface area (Å²) in [7, 11) is 0. The fourth-order valence-electron chi connectivity index (χ4n) is 2.82. The Morgan fingerprint density at radius 1 is 1.42 bits per heavy atom. The Morgan fingerprint density at radius 3 is 2.79 bits per heavy atom. The van der Waals surface area contributed by atoms with Crippen LogP contribution in [0.4, 0.5) is 5.69 Å². The molecule has 2 N–H and O–H groups in total. The number of carbonyl (C=O) groups excluding carboxylic acids is 1. The van der Waals surface area contributed by atoms with E-state index in [9.17, 15) is 4.79 Å². The van der Waals surface area contributed by atoms with Gasteiger partial charge < -0.3 is 10.5 Å². The molecule has 0 spiro atoms. The van der Waals surface area contributed by atoms with Crippen LogP contribution in [0.25, 0.3) is 0 Å². The van der Waals surface area contributed by atoms with Crippen LogP contribution in [0.1, 0.15) is 44.6 Å². The van der Waals surface area contributed by atoms with Gasteiger partial charge in [-0.15, -0.1) is 0 Å². The third kappa shape index (κ3) is 3.13. The predicted octanol–water partition coefficient (Wildman–Crippen LogP) is 2.51. The second-order valence-corrected chi connectivity index (χ2v) is 5.16. The van der Waals surface area contributed by atoms with Gasteiger partial charge in [-0.3, -0.25) is 9.78 Å². The molecule has 0 radical (unpaired) electrons. The summed E-state index contributed by atoms with van der Waals surface area (Å²) >= 11 is 0. The molecule has 0 aliphatic heterocycles. The van der Waals surface area contributed by atoms with Crippen LogP contribution in [-0.4, -0.2) is 23.0 Å². The molecule has 1 heterocycles. The van der Waals surface area contributed by atoms with Crippen LogP contribution >= 0.6 is 0 Å². The van der Waals surface area contributed by atoms with E-state index in [4.69, 9.17) is 10.5 Å². The lowest BCUT2D eigenvalue weighted by Crippen LogP contribution is -2.44. The fourth-order valence-corrected chi connectivity index (χ4v) is 2.82. The third-order valence-corrected chi connectivity index (χ3v) is 3.88. The lowest BCUT2D eigenvalue weighted by molar-refractivity contribution is -0.148. The van der Waals surface area contributed by atoms with E-state index in [-0.39, 0.29) is 5.78 Å². The summed E-state index contributed by atoms with van der Waals surface area (Å²) in [5, 5.41) is 0. The largest absolute Gasteiger partial charge is 0.398 e. The zero-order valence-corrected chi connectivity index (χ0v) is 11.5. The van der Waals surface area contributed by atoms with Crippen LogP contribution in [-0.2, 0) is 16.0 Å². The minimum absolute atomic E-state index is 0.147. The predicted molar refractivity (Wildman–Crippen MR) is 74.8 cm³/mol. The van der Waals surface area contributed by atoms with Gasteiger partial charge in [-0.25, -0.2) is 0 Å². The van der Waals surface area contributed by atoms with Gasteiger partial charge in [-0.05, 0) is 25.8 Å². The first kappa shape index (κ1) is 14.0. The maximum absolute atomic E-state index is 12.6. The fraction of sp³-hybridized carbons (Fsp3) is 0.600. The third-order valence-electron chi connectivity index (χ3n) is 3.88. The molecule has 4 nitrogen and oxygen atoms in total. The van der Waals surface area contributed by atoms with E-state index in [1.165, 1.54) is 6.42 Å². The van der Waals surface area contributed by atoms with E-state index in [0.29, 0.717) is 18.7 Å². The Kier molecular flexibility index (Phi) is 4.53. The number of hydrogen-bond acceptors (Lipinski definition) is 4. The number of nitrogens with zero attached hydrogens (tertiary/aromatic N) is 1. The molecular formula is C15H22N2O2. The summed E-state index contributed by atoms with van der Waals surface area (Å²) in [4.78, 5) is 16.7. The van der Waals surface area contributed by atoms with E-state index >= 15 is 0 Å². The van der Waals surface area contributed by atoms with Gasteiger partial charge in [0.1, 0.15) is 5.60 Å². The molecule has 0 amide bonds. The molecule has 0 unspecified atom stereocenters. The number of nitrogens with two attached hydrogens (primary N) is 1. The van der Waals surface area contributed by atoms with Gasteiger partial charge in [0, 0.05) is 36.7 Å². The molecule has 1 aliphatic rings. The number of rotatable bonds is 5. The monoisotopic (exact) mass is 262 g/mol. The molecule has 1 fully saturated rings. The summed E-state index contributed by atoms with van der Waals surface area (Å²) in [5.74, 6) is 0.147. The number of Topliss-reactive ketones (excluding diaryl/α,β-unsaturated/α-hetero) is 1. The van der Waals surface area contributed by atoms with Crippen molar-refractivity contribution in [2.75, 3.05) is 12.3 Å². The number of aromatic nitrogens is 1. The molecule has 1 aromatic heterocycles. The van der Waals surface area contributed by atoms with Crippen LogP contribution in [0.3, 0.4) is 0 Å². The van der Waals surface area contributed by atoms with Crippen molar-refractivity contribution in [3.63, 3.8) is 0 Å². The van der Waals surface area contributed by atoms with Gasteiger partial charge in [0.15, 0.2) is 5.78 Å². The number of nitrogen functional groups attached to an aromatic ring is 1. The lowest BCUT2D eigenvalue weighted by atomic mass is 9.79. The SMILES string of the molecule is CCOC1(C(=O)Cc2cnccc2N)CCCCC1. The van der Waals surface area contributed by atoms with Crippen LogP contribution in [0.2, 0.25) is 0 Å². The smallest absolute Gasteiger partial charge is 0.169 e. The zero-order chi connectivity index (χ0) is 13.7. The molecule has 0 aromatic carbocycles. The van der Waals surface area contributed by atoms with Gasteiger partial charge >= 0.3 is 0 Å². The van der Waals surface area contributed by atoms with E-state index in [2.05, 4.69) is 4.98 Å². The Morgan fingerprint density at radius 2 is 2.16 bits per heavy atom. The van der Waals surface area contributed by atoms with Crippen molar-refractivity contribution in [1.82, 2.24) is 4.98 Å². The number of anilines is 1. The summed E-state index contributed by atoms with van der Waals surface area (Å²) in [6, 6.07) is 1.73. The molecular weight excluding hydrogens is 240 g/mol. The Hall–Kier alpha value is -1.42. The van der Waals surface area contributed by atoms with Crippen LogP contribution in [0, 0.1) is 0 Å². The van der Waals surface area contributed by atoms with Crippen molar-refractivity contribution in [2.45, 2.75) is 51.0 Å². The van der Waals surface area contributed by atoms with E-state index in [1.807, 2.05) is 6.92 Å². The molecule has 1 saturated carbocycles. The first-order valence-electron chi connectivity index (χ1n) is 7.03. The average Bonchev–Trinajstić information content (AvgIpc) is 2.42. The normalized spacial score (nSPS) is 18.2. The van der Waals surface area contributed by atoms with E-state index in [0.717, 1.165) is 31.2 Å². The van der Waals surface area contributed by atoms with Crippen molar-refractivity contribution < 1.29 is 9.53 Å². The van der Waals surface area contributed by atoms with Crippen molar-refractivity contribution in [3.05, 3.63) is 24.0 Å². The number of ketones is 1. The van der Waals surface area contributed by atoms with Crippen molar-refractivity contribution in [3.8, 4) is 0 Å². The Bertz CT molecular complexity index is 434. The molecule has 0 saturated heterocycles. The van der Waals surface area contributed by atoms with Crippen molar-refractivity contribution in [2.24, 2.45) is 0 Å². The first-order chi connectivity index (χ1) is 9.18. The standard InChI is InChI=1S/C15H22N2O2/c1-2-19-15(7-4-3-5-8-15)14(18)10-12-11-17-9-6-13(12)16/h6,9,11H,2-5,7-8,10H2,1H3,(H2,16,17). The molecule has 19 heavy (non-hydrogen) atoms. The number of carbonyl (C=O) groups is 1. The van der Waals surface area contributed by atoms with E-state index < -0.39 is 5.60 Å². The second-order valence-electron chi connectivity index (χ2n) is 5.16. The summed E-state index contributed by atoms with van der Waals surface area (Å²) in [6.07, 6.45) is 8.62. The van der Waals surface area contributed by atoms with Gasteiger partial charge in [0.05, 0.1) is 0 Å².